The number of benzene rings is 1. The van der Waals surface area contributed by atoms with Gasteiger partial charge in [-0.3, -0.25) is 9.78 Å². The first-order valence-electron chi connectivity index (χ1n) is 8.37. The van der Waals surface area contributed by atoms with E-state index < -0.39 is 11.9 Å². The zero-order valence-electron chi connectivity index (χ0n) is 14.9. The van der Waals surface area contributed by atoms with Gasteiger partial charge >= 0.3 is 0 Å². The third-order valence-corrected chi connectivity index (χ3v) is 4.47. The molecule has 3 heterocycles. The number of nitrogens with one attached hydrogen (secondary N) is 1. The van der Waals surface area contributed by atoms with Crippen LogP contribution in [0.1, 0.15) is 18.5 Å². The molecule has 2 aromatic heterocycles. The lowest BCUT2D eigenvalue weighted by atomic mass is 9.96. The minimum absolute atomic E-state index is 0.441. The molecule has 1 amide bonds. The van der Waals surface area contributed by atoms with Gasteiger partial charge in [-0.15, -0.1) is 5.10 Å². The Balaban J connectivity index is 1.86. The molecular formula is C19H18N6O2. The van der Waals surface area contributed by atoms with E-state index in [1.165, 1.54) is 0 Å². The van der Waals surface area contributed by atoms with E-state index in [-0.39, 0.29) is 0 Å². The molecule has 1 aliphatic rings. The fourth-order valence-electron chi connectivity index (χ4n) is 3.21. The van der Waals surface area contributed by atoms with Gasteiger partial charge in [0.05, 0.1) is 12.7 Å². The quantitative estimate of drug-likeness (QED) is 0.736. The van der Waals surface area contributed by atoms with Gasteiger partial charge in [0.15, 0.2) is 5.82 Å². The molecule has 0 spiro atoms. The number of rotatable bonds is 4. The van der Waals surface area contributed by atoms with Gasteiger partial charge in [0.1, 0.15) is 11.8 Å². The average Bonchev–Trinajstić information content (AvgIpc) is 3.11. The molecule has 1 atom stereocenters. The van der Waals surface area contributed by atoms with E-state index in [1.807, 2.05) is 36.4 Å². The maximum Gasteiger partial charge on any atom is 0.248 e. The van der Waals surface area contributed by atoms with Gasteiger partial charge < -0.3 is 15.8 Å². The number of allylic oxidation sites excluding steroid dienone is 1. The summed E-state index contributed by atoms with van der Waals surface area (Å²) in [6, 6.07) is 10.7. The lowest BCUT2D eigenvalue weighted by molar-refractivity contribution is -0.115. The fraction of sp³-hybridized carbons (Fsp3) is 0.158. The van der Waals surface area contributed by atoms with E-state index in [4.69, 9.17) is 10.5 Å². The molecule has 4 rings (SSSR count). The number of hydrogen-bond donors (Lipinski definition) is 2. The second kappa shape index (κ2) is 6.56. The number of methoxy groups -OCH3 is 1. The predicted molar refractivity (Wildman–Crippen MR) is 99.9 cm³/mol. The minimum Gasteiger partial charge on any atom is -0.497 e. The standard InChI is InChI=1S/C19H18N6O2/c1-11-15(17(20)26)16(12-6-8-21-9-7-12)25-19(22-11)23-18(24-25)13-4-3-5-14(10-13)27-2/h3-10,16H,1-2H3,(H2,20,26)(H,22,23,24)/t16-/m1/s1. The van der Waals surface area contributed by atoms with E-state index in [0.717, 1.165) is 11.1 Å². The van der Waals surface area contributed by atoms with E-state index in [0.29, 0.717) is 28.8 Å². The van der Waals surface area contributed by atoms with Gasteiger partial charge in [0, 0.05) is 23.7 Å². The summed E-state index contributed by atoms with van der Waals surface area (Å²) in [5.41, 5.74) is 8.42. The lowest BCUT2D eigenvalue weighted by Crippen LogP contribution is -2.31. The third kappa shape index (κ3) is 2.91. The van der Waals surface area contributed by atoms with Crippen molar-refractivity contribution in [1.29, 1.82) is 0 Å². The number of primary amides is 1. The second-order valence-corrected chi connectivity index (χ2v) is 6.15. The lowest BCUT2D eigenvalue weighted by Gasteiger charge is -2.27. The summed E-state index contributed by atoms with van der Waals surface area (Å²) in [6.45, 7) is 1.80. The van der Waals surface area contributed by atoms with Gasteiger partial charge in [0.25, 0.3) is 0 Å². The number of ether oxygens (including phenoxy) is 1. The van der Waals surface area contributed by atoms with Crippen LogP contribution in [0.4, 0.5) is 5.95 Å². The van der Waals surface area contributed by atoms with E-state index in [1.54, 1.807) is 31.1 Å². The Morgan fingerprint density at radius 1 is 1.26 bits per heavy atom. The van der Waals surface area contributed by atoms with Crippen LogP contribution in [0.3, 0.4) is 0 Å². The van der Waals surface area contributed by atoms with Crippen LogP contribution < -0.4 is 15.8 Å². The van der Waals surface area contributed by atoms with Crippen LogP contribution >= 0.6 is 0 Å². The maximum atomic E-state index is 12.1. The highest BCUT2D eigenvalue weighted by molar-refractivity contribution is 5.95. The number of anilines is 1. The average molecular weight is 362 g/mol. The summed E-state index contributed by atoms with van der Waals surface area (Å²) >= 11 is 0. The number of hydrogen-bond acceptors (Lipinski definition) is 6. The second-order valence-electron chi connectivity index (χ2n) is 6.15. The van der Waals surface area contributed by atoms with Crippen molar-refractivity contribution in [3.8, 4) is 17.1 Å². The van der Waals surface area contributed by atoms with Crippen molar-refractivity contribution >= 4 is 11.9 Å². The molecule has 8 heteroatoms. The maximum absolute atomic E-state index is 12.1. The van der Waals surface area contributed by atoms with Crippen LogP contribution in [0, 0.1) is 0 Å². The molecule has 0 aliphatic carbocycles. The highest BCUT2D eigenvalue weighted by Crippen LogP contribution is 2.36. The van der Waals surface area contributed by atoms with Crippen molar-refractivity contribution in [1.82, 2.24) is 19.7 Å². The summed E-state index contributed by atoms with van der Waals surface area (Å²) in [6.07, 6.45) is 3.34. The monoisotopic (exact) mass is 362 g/mol. The van der Waals surface area contributed by atoms with Gasteiger partial charge in [-0.1, -0.05) is 12.1 Å². The third-order valence-electron chi connectivity index (χ3n) is 4.47. The zero-order chi connectivity index (χ0) is 19.0. The Bertz CT molecular complexity index is 1040. The van der Waals surface area contributed by atoms with Gasteiger partial charge in [-0.05, 0) is 36.8 Å². The minimum atomic E-state index is -0.508. The molecule has 3 aromatic rings. The van der Waals surface area contributed by atoms with Crippen LogP contribution in [0.2, 0.25) is 0 Å². The van der Waals surface area contributed by atoms with Crippen LogP contribution in [-0.4, -0.2) is 32.8 Å². The highest BCUT2D eigenvalue weighted by atomic mass is 16.5. The van der Waals surface area contributed by atoms with Crippen molar-refractivity contribution in [2.75, 3.05) is 12.4 Å². The molecule has 27 heavy (non-hydrogen) atoms. The number of fused-ring (bicyclic) bond motifs is 1. The topological polar surface area (TPSA) is 108 Å². The highest BCUT2D eigenvalue weighted by Gasteiger charge is 2.33. The Morgan fingerprint density at radius 2 is 2.04 bits per heavy atom. The Hall–Kier alpha value is -3.68. The number of nitrogens with zero attached hydrogens (tertiary/aromatic N) is 4. The van der Waals surface area contributed by atoms with Crippen molar-refractivity contribution in [2.45, 2.75) is 13.0 Å². The van der Waals surface area contributed by atoms with Crippen LogP contribution in [0.15, 0.2) is 60.1 Å². The number of carbonyl (C=O) groups excluding carboxylic acids is 1. The summed E-state index contributed by atoms with van der Waals surface area (Å²) in [5.74, 6) is 1.27. The van der Waals surface area contributed by atoms with Gasteiger partial charge in [-0.25, -0.2) is 4.68 Å². The number of nitrogens with two attached hydrogens (primary N) is 1. The molecular weight excluding hydrogens is 344 g/mol. The van der Waals surface area contributed by atoms with Crippen LogP contribution in [0.5, 0.6) is 5.75 Å². The molecule has 0 saturated carbocycles. The van der Waals surface area contributed by atoms with Crippen LogP contribution in [-0.2, 0) is 4.79 Å². The van der Waals surface area contributed by atoms with Crippen molar-refractivity contribution in [3.63, 3.8) is 0 Å². The molecule has 1 aliphatic heterocycles. The van der Waals surface area contributed by atoms with Crippen molar-refractivity contribution < 1.29 is 9.53 Å². The summed E-state index contributed by atoms with van der Waals surface area (Å²) in [4.78, 5) is 20.8. The van der Waals surface area contributed by atoms with Gasteiger partial charge in [0.2, 0.25) is 11.9 Å². The first kappa shape index (κ1) is 16.8. The summed E-state index contributed by atoms with van der Waals surface area (Å²) < 4.78 is 6.96. The molecule has 0 fully saturated rings. The number of amides is 1. The molecule has 0 unspecified atom stereocenters. The van der Waals surface area contributed by atoms with Gasteiger partial charge in [-0.2, -0.15) is 4.98 Å². The van der Waals surface area contributed by atoms with Crippen molar-refractivity contribution in [3.05, 3.63) is 65.6 Å². The SMILES string of the molecule is COc1cccc(-c2nc3n(n2)[C@H](c2ccncc2)C(C(N)=O)=C(C)N3)c1. The summed E-state index contributed by atoms with van der Waals surface area (Å²) in [7, 11) is 1.61. The van der Waals surface area contributed by atoms with E-state index >= 15 is 0 Å². The Morgan fingerprint density at radius 3 is 2.74 bits per heavy atom. The smallest absolute Gasteiger partial charge is 0.248 e. The zero-order valence-corrected chi connectivity index (χ0v) is 14.9. The molecule has 8 nitrogen and oxygen atoms in total. The predicted octanol–water partition coefficient (Wildman–Crippen LogP) is 2.12. The van der Waals surface area contributed by atoms with Crippen molar-refractivity contribution in [2.24, 2.45) is 5.73 Å². The number of carbonyl (C=O) groups is 1. The largest absolute Gasteiger partial charge is 0.497 e. The molecule has 0 bridgehead atoms. The van der Waals surface area contributed by atoms with Crippen LogP contribution in [0.25, 0.3) is 11.4 Å². The molecule has 136 valence electrons. The number of aromatic nitrogens is 4. The van der Waals surface area contributed by atoms with E-state index in [2.05, 4.69) is 20.4 Å². The summed E-state index contributed by atoms with van der Waals surface area (Å²) in [5, 5.41) is 7.78. The molecule has 3 N–H and O–H groups in total. The first-order chi connectivity index (χ1) is 13.1. The normalized spacial score (nSPS) is 15.9. The number of pyridine rings is 1. The Kier molecular flexibility index (Phi) is 4.08. The Labute approximate surface area is 155 Å². The fourth-order valence-corrected chi connectivity index (χ4v) is 3.21. The van der Waals surface area contributed by atoms with E-state index in [9.17, 15) is 4.79 Å². The molecule has 0 radical (unpaired) electrons. The molecule has 1 aromatic carbocycles. The first-order valence-corrected chi connectivity index (χ1v) is 8.37. The molecule has 0 saturated heterocycles.